The highest BCUT2D eigenvalue weighted by atomic mass is 32.2. The Morgan fingerprint density at radius 2 is 1.92 bits per heavy atom. The summed E-state index contributed by atoms with van der Waals surface area (Å²) in [5.41, 5.74) is 1.61. The molecule has 3 aromatic rings. The van der Waals surface area contributed by atoms with Crippen molar-refractivity contribution in [2.24, 2.45) is 0 Å². The van der Waals surface area contributed by atoms with Crippen LogP contribution in [0.5, 0.6) is 0 Å². The Morgan fingerprint density at radius 1 is 1.12 bits per heavy atom. The molecule has 0 radical (unpaired) electrons. The third kappa shape index (κ3) is 3.79. The molecular weight excluding hydrogens is 350 g/mol. The summed E-state index contributed by atoms with van der Waals surface area (Å²) >= 11 is 0. The summed E-state index contributed by atoms with van der Waals surface area (Å²) in [6, 6.07) is 14.9. The number of sulfonamides is 1. The van der Waals surface area contributed by atoms with Crippen LogP contribution in [0.1, 0.15) is 10.4 Å². The molecule has 0 aliphatic heterocycles. The van der Waals surface area contributed by atoms with Crippen molar-refractivity contribution < 1.29 is 13.2 Å². The van der Waals surface area contributed by atoms with Crippen LogP contribution in [-0.2, 0) is 10.0 Å². The van der Waals surface area contributed by atoms with Crippen LogP contribution in [0, 0.1) is 0 Å². The van der Waals surface area contributed by atoms with E-state index in [2.05, 4.69) is 21.6 Å². The molecule has 6 nitrogen and oxygen atoms in total. The van der Waals surface area contributed by atoms with Gasteiger partial charge in [0.15, 0.2) is 0 Å². The monoisotopic (exact) mass is 367 g/mol. The van der Waals surface area contributed by atoms with Crippen LogP contribution >= 0.6 is 0 Å². The fraction of sp³-hybridized carbons (Fsp3) is 0.0526. The molecule has 0 bridgehead atoms. The predicted octanol–water partition coefficient (Wildman–Crippen LogP) is 2.95. The van der Waals surface area contributed by atoms with Gasteiger partial charge in [-0.3, -0.25) is 9.78 Å². The van der Waals surface area contributed by atoms with Crippen molar-refractivity contribution in [3.63, 3.8) is 0 Å². The van der Waals surface area contributed by atoms with Gasteiger partial charge in [-0.2, -0.15) is 0 Å². The van der Waals surface area contributed by atoms with Gasteiger partial charge in [-0.15, -0.1) is 6.58 Å². The van der Waals surface area contributed by atoms with Crippen LogP contribution in [-0.4, -0.2) is 25.9 Å². The highest BCUT2D eigenvalue weighted by Crippen LogP contribution is 2.22. The predicted molar refractivity (Wildman–Crippen MR) is 102 cm³/mol. The van der Waals surface area contributed by atoms with Crippen molar-refractivity contribution in [3.05, 3.63) is 79.0 Å². The number of nitrogens with one attached hydrogen (secondary N) is 2. The van der Waals surface area contributed by atoms with E-state index in [1.807, 2.05) is 12.1 Å². The first-order valence-corrected chi connectivity index (χ1v) is 9.35. The lowest BCUT2D eigenvalue weighted by Gasteiger charge is -2.10. The lowest BCUT2D eigenvalue weighted by atomic mass is 10.1. The van der Waals surface area contributed by atoms with E-state index in [1.54, 1.807) is 30.5 Å². The van der Waals surface area contributed by atoms with Gasteiger partial charge in [0.05, 0.1) is 16.1 Å². The van der Waals surface area contributed by atoms with E-state index in [4.69, 9.17) is 0 Å². The van der Waals surface area contributed by atoms with E-state index in [9.17, 15) is 13.2 Å². The van der Waals surface area contributed by atoms with Gasteiger partial charge in [-0.05, 0) is 42.5 Å². The number of pyridine rings is 1. The van der Waals surface area contributed by atoms with Crippen molar-refractivity contribution in [2.75, 3.05) is 11.9 Å². The Labute approximate surface area is 151 Å². The second-order valence-corrected chi connectivity index (χ2v) is 7.27. The minimum atomic E-state index is -3.70. The molecule has 0 spiro atoms. The van der Waals surface area contributed by atoms with E-state index >= 15 is 0 Å². The van der Waals surface area contributed by atoms with Gasteiger partial charge in [0.2, 0.25) is 10.0 Å². The fourth-order valence-electron chi connectivity index (χ4n) is 2.46. The third-order valence-corrected chi connectivity index (χ3v) is 5.14. The molecule has 132 valence electrons. The molecule has 0 unspecified atom stereocenters. The smallest absolute Gasteiger partial charge is 0.255 e. The second-order valence-electron chi connectivity index (χ2n) is 5.50. The summed E-state index contributed by atoms with van der Waals surface area (Å²) in [5, 5.41) is 3.62. The Bertz CT molecular complexity index is 1070. The van der Waals surface area contributed by atoms with Gasteiger partial charge in [0, 0.05) is 23.7 Å². The zero-order valence-electron chi connectivity index (χ0n) is 13.8. The normalized spacial score (nSPS) is 11.2. The van der Waals surface area contributed by atoms with Gasteiger partial charge in [-0.25, -0.2) is 13.1 Å². The summed E-state index contributed by atoms with van der Waals surface area (Å²) in [6.07, 6.45) is 3.13. The van der Waals surface area contributed by atoms with E-state index in [0.29, 0.717) is 5.69 Å². The number of carbonyl (C=O) groups is 1. The highest BCUT2D eigenvalue weighted by molar-refractivity contribution is 7.89. The van der Waals surface area contributed by atoms with Crippen LogP contribution < -0.4 is 10.0 Å². The standard InChI is InChI=1S/C19H17N3O3S/c1-2-11-21-26(24,25)15-7-3-6-14(13-15)19(23)22-18-10-4-9-17-16(18)8-5-12-20-17/h2-10,12-13,21H,1,11H2,(H,22,23). The molecule has 0 atom stereocenters. The van der Waals surface area contributed by atoms with Gasteiger partial charge in [0.25, 0.3) is 5.91 Å². The number of fused-ring (bicyclic) bond motifs is 1. The zero-order chi connectivity index (χ0) is 18.6. The first kappa shape index (κ1) is 17.8. The number of amides is 1. The van der Waals surface area contributed by atoms with Crippen LogP contribution in [0.15, 0.2) is 78.3 Å². The van der Waals surface area contributed by atoms with Crippen molar-refractivity contribution in [2.45, 2.75) is 4.90 Å². The van der Waals surface area contributed by atoms with Gasteiger partial charge < -0.3 is 5.32 Å². The molecule has 0 aliphatic rings. The van der Waals surface area contributed by atoms with E-state index in [-0.39, 0.29) is 17.0 Å². The molecule has 2 aromatic carbocycles. The SMILES string of the molecule is C=CCNS(=O)(=O)c1cccc(C(=O)Nc2cccc3ncccc23)c1. The lowest BCUT2D eigenvalue weighted by Crippen LogP contribution is -2.24. The summed E-state index contributed by atoms with van der Waals surface area (Å²) in [4.78, 5) is 16.9. The average Bonchev–Trinajstić information content (AvgIpc) is 2.67. The van der Waals surface area contributed by atoms with Gasteiger partial charge in [0.1, 0.15) is 0 Å². The number of hydrogen-bond acceptors (Lipinski definition) is 4. The van der Waals surface area contributed by atoms with E-state index in [1.165, 1.54) is 24.3 Å². The quantitative estimate of drug-likeness (QED) is 0.656. The first-order valence-electron chi connectivity index (χ1n) is 7.87. The van der Waals surface area contributed by atoms with Crippen molar-refractivity contribution >= 4 is 32.5 Å². The van der Waals surface area contributed by atoms with E-state index in [0.717, 1.165) is 10.9 Å². The molecule has 3 rings (SSSR count). The maximum atomic E-state index is 12.6. The molecule has 0 saturated heterocycles. The van der Waals surface area contributed by atoms with Crippen LogP contribution in [0.2, 0.25) is 0 Å². The molecule has 0 aliphatic carbocycles. The molecule has 1 aromatic heterocycles. The van der Waals surface area contributed by atoms with Gasteiger partial charge >= 0.3 is 0 Å². The maximum Gasteiger partial charge on any atom is 0.255 e. The summed E-state index contributed by atoms with van der Waals surface area (Å²) < 4.78 is 26.8. The van der Waals surface area contributed by atoms with Crippen LogP contribution in [0.3, 0.4) is 0 Å². The Hall–Kier alpha value is -3.03. The number of anilines is 1. The summed E-state index contributed by atoms with van der Waals surface area (Å²) in [5.74, 6) is -0.401. The number of benzene rings is 2. The van der Waals surface area contributed by atoms with Crippen LogP contribution in [0.25, 0.3) is 10.9 Å². The first-order chi connectivity index (χ1) is 12.5. The third-order valence-electron chi connectivity index (χ3n) is 3.72. The topological polar surface area (TPSA) is 88.2 Å². The second kappa shape index (κ2) is 7.47. The number of nitrogens with zero attached hydrogens (tertiary/aromatic N) is 1. The molecular formula is C19H17N3O3S. The molecule has 2 N–H and O–H groups in total. The number of hydrogen-bond donors (Lipinski definition) is 2. The molecule has 0 fully saturated rings. The fourth-order valence-corrected chi connectivity index (χ4v) is 3.51. The molecule has 1 heterocycles. The van der Waals surface area contributed by atoms with Crippen molar-refractivity contribution in [1.29, 1.82) is 0 Å². The Balaban J connectivity index is 1.89. The Morgan fingerprint density at radius 3 is 2.73 bits per heavy atom. The molecule has 7 heteroatoms. The number of aromatic nitrogens is 1. The summed E-state index contributed by atoms with van der Waals surface area (Å²) in [7, 11) is -3.70. The maximum absolute atomic E-state index is 12.6. The highest BCUT2D eigenvalue weighted by Gasteiger charge is 2.16. The molecule has 1 amide bonds. The van der Waals surface area contributed by atoms with Crippen molar-refractivity contribution in [3.8, 4) is 0 Å². The molecule has 0 saturated carbocycles. The lowest BCUT2D eigenvalue weighted by molar-refractivity contribution is 0.102. The Kier molecular flexibility index (Phi) is 5.11. The minimum absolute atomic E-state index is 0.0200. The number of rotatable bonds is 6. The largest absolute Gasteiger partial charge is 0.321 e. The van der Waals surface area contributed by atoms with Crippen molar-refractivity contribution in [1.82, 2.24) is 9.71 Å². The number of carbonyl (C=O) groups excluding carboxylic acids is 1. The summed E-state index contributed by atoms with van der Waals surface area (Å²) in [6.45, 7) is 3.59. The molecule has 26 heavy (non-hydrogen) atoms. The minimum Gasteiger partial charge on any atom is -0.321 e. The van der Waals surface area contributed by atoms with E-state index < -0.39 is 15.9 Å². The average molecular weight is 367 g/mol. The van der Waals surface area contributed by atoms with Gasteiger partial charge in [-0.1, -0.05) is 18.2 Å². The van der Waals surface area contributed by atoms with Crippen LogP contribution in [0.4, 0.5) is 5.69 Å². The zero-order valence-corrected chi connectivity index (χ0v) is 14.7.